The zero-order valence-corrected chi connectivity index (χ0v) is 13.2. The summed E-state index contributed by atoms with van der Waals surface area (Å²) in [6, 6.07) is 5.39. The molecule has 1 N–H and O–H groups in total. The molecule has 2 atom stereocenters. The number of benzene rings is 1. The Morgan fingerprint density at radius 3 is 3.05 bits per heavy atom. The largest absolute Gasteiger partial charge is 0.369 e. The van der Waals surface area contributed by atoms with Gasteiger partial charge in [0, 0.05) is 23.6 Å². The quantitative estimate of drug-likeness (QED) is 0.907. The van der Waals surface area contributed by atoms with Crippen LogP contribution in [0.15, 0.2) is 22.7 Å². The average molecular weight is 329 g/mol. The molecule has 0 aliphatic carbocycles. The Morgan fingerprint density at radius 1 is 1.53 bits per heavy atom. The molecule has 0 bridgehead atoms. The van der Waals surface area contributed by atoms with E-state index in [-0.39, 0.29) is 5.82 Å². The van der Waals surface area contributed by atoms with Gasteiger partial charge in [0.2, 0.25) is 0 Å². The molecule has 106 valence electrons. The lowest BCUT2D eigenvalue weighted by molar-refractivity contribution is 0.384. The molecule has 1 saturated heterocycles. The van der Waals surface area contributed by atoms with Gasteiger partial charge in [-0.05, 0) is 53.0 Å². The van der Waals surface area contributed by atoms with E-state index in [1.165, 1.54) is 6.07 Å². The Balaban J connectivity index is 2.20. The van der Waals surface area contributed by atoms with Crippen molar-refractivity contribution in [2.24, 2.45) is 5.92 Å². The fourth-order valence-electron chi connectivity index (χ4n) is 2.56. The molecule has 1 heterocycles. The zero-order valence-electron chi connectivity index (χ0n) is 11.6. The molecule has 1 aliphatic heterocycles. The molecule has 0 aromatic heterocycles. The van der Waals surface area contributed by atoms with Crippen molar-refractivity contribution < 1.29 is 4.39 Å². The maximum absolute atomic E-state index is 13.5. The number of hydrogen-bond donors (Lipinski definition) is 1. The summed E-state index contributed by atoms with van der Waals surface area (Å²) in [5, 5.41) is 3.62. The second kappa shape index (κ2) is 6.71. The second-order valence-electron chi connectivity index (χ2n) is 5.34. The highest BCUT2D eigenvalue weighted by atomic mass is 79.9. The molecule has 1 aromatic carbocycles. The van der Waals surface area contributed by atoms with Crippen LogP contribution in [0.5, 0.6) is 0 Å². The van der Waals surface area contributed by atoms with E-state index in [9.17, 15) is 4.39 Å². The highest BCUT2D eigenvalue weighted by Gasteiger charge is 2.23. The topological polar surface area (TPSA) is 15.3 Å². The van der Waals surface area contributed by atoms with E-state index >= 15 is 0 Å². The van der Waals surface area contributed by atoms with E-state index in [4.69, 9.17) is 0 Å². The van der Waals surface area contributed by atoms with Gasteiger partial charge in [-0.3, -0.25) is 0 Å². The summed E-state index contributed by atoms with van der Waals surface area (Å²) in [7, 11) is 0. The molecule has 0 saturated carbocycles. The molecule has 19 heavy (non-hydrogen) atoms. The molecule has 0 amide bonds. The summed E-state index contributed by atoms with van der Waals surface area (Å²) in [4.78, 5) is 2.30. The standard InChI is InChI=1S/C15H22BrFN2/c1-3-11(2)14-10-19(8-4-7-18-14)15-9-12(17)5-6-13(15)16/h5-6,9,11,14,18H,3-4,7-8,10H2,1-2H3. The summed E-state index contributed by atoms with van der Waals surface area (Å²) >= 11 is 3.54. The Morgan fingerprint density at radius 2 is 2.32 bits per heavy atom. The van der Waals surface area contributed by atoms with Crippen LogP contribution in [0, 0.1) is 11.7 Å². The van der Waals surface area contributed by atoms with Crippen molar-refractivity contribution in [3.05, 3.63) is 28.5 Å². The van der Waals surface area contributed by atoms with Gasteiger partial charge in [-0.1, -0.05) is 20.3 Å². The summed E-state index contributed by atoms with van der Waals surface area (Å²) in [5.41, 5.74) is 0.969. The van der Waals surface area contributed by atoms with Gasteiger partial charge in [0.25, 0.3) is 0 Å². The Kier molecular flexibility index (Phi) is 5.22. The smallest absolute Gasteiger partial charge is 0.125 e. The van der Waals surface area contributed by atoms with Gasteiger partial charge in [0.15, 0.2) is 0 Å². The monoisotopic (exact) mass is 328 g/mol. The lowest BCUT2D eigenvalue weighted by atomic mass is 9.99. The van der Waals surface area contributed by atoms with E-state index in [0.29, 0.717) is 12.0 Å². The first-order valence-electron chi connectivity index (χ1n) is 7.05. The zero-order chi connectivity index (χ0) is 13.8. The van der Waals surface area contributed by atoms with Gasteiger partial charge in [0.05, 0.1) is 5.69 Å². The van der Waals surface area contributed by atoms with Gasteiger partial charge in [-0.15, -0.1) is 0 Å². The molecule has 2 rings (SSSR count). The lowest BCUT2D eigenvalue weighted by Crippen LogP contribution is -2.42. The molecule has 0 radical (unpaired) electrons. The van der Waals surface area contributed by atoms with E-state index in [0.717, 1.165) is 42.6 Å². The molecule has 1 aromatic rings. The normalized spacial score (nSPS) is 22.1. The number of rotatable bonds is 3. The van der Waals surface area contributed by atoms with E-state index in [2.05, 4.69) is 40.0 Å². The van der Waals surface area contributed by atoms with Crippen LogP contribution in [-0.2, 0) is 0 Å². The van der Waals surface area contributed by atoms with Gasteiger partial charge >= 0.3 is 0 Å². The highest BCUT2D eigenvalue weighted by Crippen LogP contribution is 2.28. The van der Waals surface area contributed by atoms with Crippen molar-refractivity contribution in [1.82, 2.24) is 5.32 Å². The van der Waals surface area contributed by atoms with Crippen LogP contribution in [0.2, 0.25) is 0 Å². The van der Waals surface area contributed by atoms with Gasteiger partial charge in [0.1, 0.15) is 5.82 Å². The molecule has 0 spiro atoms. The molecule has 1 fully saturated rings. The highest BCUT2D eigenvalue weighted by molar-refractivity contribution is 9.10. The van der Waals surface area contributed by atoms with E-state index in [1.54, 1.807) is 12.1 Å². The summed E-state index contributed by atoms with van der Waals surface area (Å²) in [6.45, 7) is 7.46. The summed E-state index contributed by atoms with van der Waals surface area (Å²) in [6.07, 6.45) is 2.26. The van der Waals surface area contributed by atoms with Crippen molar-refractivity contribution in [2.75, 3.05) is 24.5 Å². The molecule has 2 unspecified atom stereocenters. The maximum atomic E-state index is 13.5. The predicted molar refractivity (Wildman–Crippen MR) is 82.2 cm³/mol. The van der Waals surface area contributed by atoms with Crippen LogP contribution >= 0.6 is 15.9 Å². The number of nitrogens with one attached hydrogen (secondary N) is 1. The molecule has 1 aliphatic rings. The van der Waals surface area contributed by atoms with Crippen molar-refractivity contribution >= 4 is 21.6 Å². The molecular weight excluding hydrogens is 307 g/mol. The summed E-state index contributed by atoms with van der Waals surface area (Å²) < 4.78 is 14.4. The van der Waals surface area contributed by atoms with Crippen molar-refractivity contribution in [3.8, 4) is 0 Å². The minimum absolute atomic E-state index is 0.171. The molecule has 4 heteroatoms. The Labute approximate surface area is 123 Å². The third-order valence-corrected chi connectivity index (χ3v) is 4.68. The van der Waals surface area contributed by atoms with Crippen LogP contribution in [-0.4, -0.2) is 25.7 Å². The second-order valence-corrected chi connectivity index (χ2v) is 6.20. The number of halogens is 2. The van der Waals surface area contributed by atoms with Gasteiger partial charge < -0.3 is 10.2 Å². The van der Waals surface area contributed by atoms with Crippen LogP contribution < -0.4 is 10.2 Å². The van der Waals surface area contributed by atoms with E-state index < -0.39 is 0 Å². The van der Waals surface area contributed by atoms with E-state index in [1.807, 2.05) is 0 Å². The van der Waals surface area contributed by atoms with Crippen LogP contribution in [0.1, 0.15) is 26.7 Å². The fourth-order valence-corrected chi connectivity index (χ4v) is 3.06. The van der Waals surface area contributed by atoms with Crippen molar-refractivity contribution in [1.29, 1.82) is 0 Å². The molecular formula is C15H22BrFN2. The van der Waals surface area contributed by atoms with Gasteiger partial charge in [-0.25, -0.2) is 4.39 Å². The lowest BCUT2D eigenvalue weighted by Gasteiger charge is -2.30. The molecule has 2 nitrogen and oxygen atoms in total. The minimum atomic E-state index is -0.171. The Hall–Kier alpha value is -0.610. The first-order chi connectivity index (χ1) is 9.11. The average Bonchev–Trinajstić information content (AvgIpc) is 2.66. The minimum Gasteiger partial charge on any atom is -0.369 e. The third kappa shape index (κ3) is 3.69. The first-order valence-corrected chi connectivity index (χ1v) is 7.84. The van der Waals surface area contributed by atoms with Crippen molar-refractivity contribution in [2.45, 2.75) is 32.7 Å². The SMILES string of the molecule is CCC(C)C1CN(c2cc(F)ccc2Br)CCCN1. The Bertz CT molecular complexity index is 425. The summed E-state index contributed by atoms with van der Waals surface area (Å²) in [5.74, 6) is 0.462. The van der Waals surface area contributed by atoms with Crippen LogP contribution in [0.3, 0.4) is 0 Å². The number of nitrogens with zero attached hydrogens (tertiary/aromatic N) is 1. The maximum Gasteiger partial charge on any atom is 0.125 e. The van der Waals surface area contributed by atoms with Crippen LogP contribution in [0.4, 0.5) is 10.1 Å². The first kappa shape index (κ1) is 14.8. The number of hydrogen-bond acceptors (Lipinski definition) is 2. The van der Waals surface area contributed by atoms with Gasteiger partial charge in [-0.2, -0.15) is 0 Å². The fraction of sp³-hybridized carbons (Fsp3) is 0.600. The number of anilines is 1. The predicted octanol–water partition coefficient (Wildman–Crippen LogP) is 3.80. The van der Waals surface area contributed by atoms with Crippen LogP contribution in [0.25, 0.3) is 0 Å². The third-order valence-electron chi connectivity index (χ3n) is 4.01. The van der Waals surface area contributed by atoms with Crippen molar-refractivity contribution in [3.63, 3.8) is 0 Å².